The molecule has 1 N–H and O–H groups in total. The molecule has 0 unspecified atom stereocenters. The van der Waals surface area contributed by atoms with Crippen molar-refractivity contribution in [3.8, 4) is 0 Å². The second-order valence-corrected chi connectivity index (χ2v) is 5.32. The largest absolute Gasteiger partial charge is 0.416 e. The number of rotatable bonds is 3. The fourth-order valence-electron chi connectivity index (χ4n) is 2.51. The van der Waals surface area contributed by atoms with Crippen LogP contribution in [0.3, 0.4) is 0 Å². The zero-order valence-corrected chi connectivity index (χ0v) is 10.5. The lowest BCUT2D eigenvalue weighted by Gasteiger charge is -2.25. The maximum atomic E-state index is 12.6. The molecule has 4 heteroatoms. The predicted octanol–water partition coefficient (Wildman–Crippen LogP) is 4.13. The zero-order valence-electron chi connectivity index (χ0n) is 10.5. The van der Waals surface area contributed by atoms with E-state index in [2.05, 4.69) is 12.2 Å². The van der Waals surface area contributed by atoms with Crippen molar-refractivity contribution in [1.82, 2.24) is 5.32 Å². The molecule has 0 heterocycles. The minimum atomic E-state index is -4.26. The minimum absolute atomic E-state index is 0.0915. The van der Waals surface area contributed by atoms with Gasteiger partial charge < -0.3 is 5.32 Å². The Morgan fingerprint density at radius 1 is 1.22 bits per heavy atom. The second-order valence-electron chi connectivity index (χ2n) is 5.32. The molecule has 1 nitrogen and oxygen atoms in total. The fraction of sp³-hybridized carbons (Fsp3) is 0.571. The van der Waals surface area contributed by atoms with Crippen LogP contribution in [0.4, 0.5) is 13.2 Å². The molecule has 0 aromatic heterocycles. The average molecular weight is 257 g/mol. The lowest BCUT2D eigenvalue weighted by molar-refractivity contribution is -0.137. The van der Waals surface area contributed by atoms with E-state index in [-0.39, 0.29) is 5.54 Å². The maximum Gasteiger partial charge on any atom is 0.416 e. The SMILES string of the molecule is CC1(NCc2cccc(C(F)(F)F)c2)CCCC1. The number of alkyl halides is 3. The molecule has 0 amide bonds. The highest BCUT2D eigenvalue weighted by molar-refractivity contribution is 5.25. The third kappa shape index (κ3) is 3.25. The summed E-state index contributed by atoms with van der Waals surface area (Å²) in [7, 11) is 0. The normalized spacial score (nSPS) is 19.1. The van der Waals surface area contributed by atoms with Crippen molar-refractivity contribution in [3.05, 3.63) is 35.4 Å². The molecule has 1 aliphatic rings. The van der Waals surface area contributed by atoms with Gasteiger partial charge in [0, 0.05) is 12.1 Å². The molecule has 18 heavy (non-hydrogen) atoms. The van der Waals surface area contributed by atoms with Crippen molar-refractivity contribution in [2.24, 2.45) is 0 Å². The summed E-state index contributed by atoms with van der Waals surface area (Å²) in [6, 6.07) is 5.55. The number of hydrogen-bond donors (Lipinski definition) is 1. The summed E-state index contributed by atoms with van der Waals surface area (Å²) in [5.41, 5.74) is 0.213. The molecule has 2 rings (SSSR count). The highest BCUT2D eigenvalue weighted by Crippen LogP contribution is 2.31. The van der Waals surface area contributed by atoms with E-state index in [0.717, 1.165) is 18.9 Å². The van der Waals surface area contributed by atoms with Crippen LogP contribution in [-0.4, -0.2) is 5.54 Å². The van der Waals surface area contributed by atoms with Crippen LogP contribution < -0.4 is 5.32 Å². The first-order valence-corrected chi connectivity index (χ1v) is 6.30. The summed E-state index contributed by atoms with van der Waals surface area (Å²) in [6.07, 6.45) is 0.351. The summed E-state index contributed by atoms with van der Waals surface area (Å²) in [6.45, 7) is 2.65. The number of benzene rings is 1. The molecule has 1 saturated carbocycles. The van der Waals surface area contributed by atoms with Crippen molar-refractivity contribution in [2.45, 2.75) is 50.9 Å². The Morgan fingerprint density at radius 2 is 1.89 bits per heavy atom. The standard InChI is InChI=1S/C14H18F3N/c1-13(7-2-3-8-13)18-10-11-5-4-6-12(9-11)14(15,16)17/h4-6,9,18H,2-3,7-8,10H2,1H3. The second kappa shape index (κ2) is 4.92. The van der Waals surface area contributed by atoms with Crippen LogP contribution in [0.1, 0.15) is 43.7 Å². The average Bonchev–Trinajstić information content (AvgIpc) is 2.74. The van der Waals surface area contributed by atoms with Gasteiger partial charge in [-0.3, -0.25) is 0 Å². The van der Waals surface area contributed by atoms with Gasteiger partial charge in [-0.05, 0) is 31.4 Å². The molecule has 0 spiro atoms. The molecule has 0 aliphatic heterocycles. The summed E-state index contributed by atoms with van der Waals surface area (Å²) < 4.78 is 37.7. The van der Waals surface area contributed by atoms with Gasteiger partial charge in [0.05, 0.1) is 5.56 Å². The van der Waals surface area contributed by atoms with E-state index in [9.17, 15) is 13.2 Å². The summed E-state index contributed by atoms with van der Waals surface area (Å²) >= 11 is 0. The first-order chi connectivity index (χ1) is 8.39. The Morgan fingerprint density at radius 3 is 2.50 bits per heavy atom. The van der Waals surface area contributed by atoms with Gasteiger partial charge in [0.15, 0.2) is 0 Å². The smallest absolute Gasteiger partial charge is 0.307 e. The molecule has 0 bridgehead atoms. The molecule has 0 saturated heterocycles. The van der Waals surface area contributed by atoms with Crippen molar-refractivity contribution < 1.29 is 13.2 Å². The van der Waals surface area contributed by atoms with Crippen molar-refractivity contribution >= 4 is 0 Å². The zero-order chi connectivity index (χ0) is 13.2. The molecular weight excluding hydrogens is 239 g/mol. The maximum absolute atomic E-state index is 12.6. The Bertz CT molecular complexity index is 406. The van der Waals surface area contributed by atoms with Gasteiger partial charge in [0.25, 0.3) is 0 Å². The van der Waals surface area contributed by atoms with Gasteiger partial charge in [-0.2, -0.15) is 13.2 Å². The fourth-order valence-corrected chi connectivity index (χ4v) is 2.51. The summed E-state index contributed by atoms with van der Waals surface area (Å²) in [5.74, 6) is 0. The van der Waals surface area contributed by atoms with E-state index in [1.807, 2.05) is 0 Å². The first kappa shape index (κ1) is 13.4. The Kier molecular flexibility index (Phi) is 3.66. The molecular formula is C14H18F3N. The third-order valence-corrected chi connectivity index (χ3v) is 3.68. The monoisotopic (exact) mass is 257 g/mol. The van der Waals surface area contributed by atoms with Crippen LogP contribution in [0.25, 0.3) is 0 Å². The quantitative estimate of drug-likeness (QED) is 0.858. The number of halogens is 3. The van der Waals surface area contributed by atoms with Crippen molar-refractivity contribution in [2.75, 3.05) is 0 Å². The third-order valence-electron chi connectivity index (χ3n) is 3.68. The van der Waals surface area contributed by atoms with E-state index in [0.29, 0.717) is 12.1 Å². The molecule has 0 atom stereocenters. The highest BCUT2D eigenvalue weighted by Gasteiger charge is 2.31. The van der Waals surface area contributed by atoms with Gasteiger partial charge in [-0.15, -0.1) is 0 Å². The van der Waals surface area contributed by atoms with Gasteiger partial charge in [0.2, 0.25) is 0 Å². The molecule has 100 valence electrons. The lowest BCUT2D eigenvalue weighted by Crippen LogP contribution is -2.38. The molecule has 1 aromatic carbocycles. The van der Waals surface area contributed by atoms with Gasteiger partial charge in [0.1, 0.15) is 0 Å². The van der Waals surface area contributed by atoms with Crippen LogP contribution >= 0.6 is 0 Å². The van der Waals surface area contributed by atoms with E-state index < -0.39 is 11.7 Å². The summed E-state index contributed by atoms with van der Waals surface area (Å²) in [5, 5.41) is 3.39. The Balaban J connectivity index is 2.01. The van der Waals surface area contributed by atoms with Gasteiger partial charge in [-0.25, -0.2) is 0 Å². The Labute approximate surface area is 105 Å². The molecule has 1 aliphatic carbocycles. The van der Waals surface area contributed by atoms with Crippen LogP contribution in [0.15, 0.2) is 24.3 Å². The van der Waals surface area contributed by atoms with E-state index >= 15 is 0 Å². The molecule has 1 fully saturated rings. The van der Waals surface area contributed by atoms with Crippen LogP contribution in [0, 0.1) is 0 Å². The van der Waals surface area contributed by atoms with Gasteiger partial charge in [-0.1, -0.05) is 31.0 Å². The van der Waals surface area contributed by atoms with Crippen LogP contribution in [0.2, 0.25) is 0 Å². The summed E-state index contributed by atoms with van der Waals surface area (Å²) in [4.78, 5) is 0. The van der Waals surface area contributed by atoms with Gasteiger partial charge >= 0.3 is 6.18 Å². The number of hydrogen-bond acceptors (Lipinski definition) is 1. The predicted molar refractivity (Wildman–Crippen MR) is 65.2 cm³/mol. The van der Waals surface area contributed by atoms with E-state index in [4.69, 9.17) is 0 Å². The Hall–Kier alpha value is -1.03. The minimum Gasteiger partial charge on any atom is -0.307 e. The van der Waals surface area contributed by atoms with Crippen molar-refractivity contribution in [3.63, 3.8) is 0 Å². The van der Waals surface area contributed by atoms with E-state index in [1.54, 1.807) is 6.07 Å². The van der Waals surface area contributed by atoms with Crippen LogP contribution in [0.5, 0.6) is 0 Å². The van der Waals surface area contributed by atoms with Crippen molar-refractivity contribution in [1.29, 1.82) is 0 Å². The van der Waals surface area contributed by atoms with E-state index in [1.165, 1.54) is 25.0 Å². The lowest BCUT2D eigenvalue weighted by atomic mass is 10.00. The number of nitrogens with one attached hydrogen (secondary N) is 1. The highest BCUT2D eigenvalue weighted by atomic mass is 19.4. The van der Waals surface area contributed by atoms with Crippen LogP contribution in [-0.2, 0) is 12.7 Å². The molecule has 0 radical (unpaired) electrons. The first-order valence-electron chi connectivity index (χ1n) is 6.30. The topological polar surface area (TPSA) is 12.0 Å². The molecule has 1 aromatic rings.